The van der Waals surface area contributed by atoms with Crippen LogP contribution in [0.1, 0.15) is 0 Å². The molecular weight excluding hydrogens is 184 g/mol. The third-order valence-electron chi connectivity index (χ3n) is 1.06. The summed E-state index contributed by atoms with van der Waals surface area (Å²) in [5.41, 5.74) is 0. The highest BCUT2D eigenvalue weighted by atomic mass is 35.5. The molecule has 0 atom stereocenters. The number of pyridine rings is 1. The van der Waals surface area contributed by atoms with Crippen LogP contribution >= 0.6 is 11.6 Å². The Bertz CT molecular complexity index is 199. The standard InChI is InChI=1S/C5H5N.C4H5N.CH3Cl/c1-2-4-6-5-3-1;1-2-4-5-3-1;1-2/h1-5H;1-5H;1H3. The lowest BCUT2D eigenvalue weighted by molar-refractivity contribution is 1.33. The number of nitrogens with one attached hydrogen (secondary N) is 1. The highest BCUT2D eigenvalue weighted by Crippen LogP contribution is 1.73. The van der Waals surface area contributed by atoms with Crippen molar-refractivity contribution in [1.82, 2.24) is 9.97 Å². The van der Waals surface area contributed by atoms with Gasteiger partial charge >= 0.3 is 0 Å². The number of aromatic nitrogens is 2. The van der Waals surface area contributed by atoms with E-state index in [9.17, 15) is 0 Å². The molecule has 0 radical (unpaired) electrons. The van der Waals surface area contributed by atoms with Crippen LogP contribution in [0.2, 0.25) is 0 Å². The maximum absolute atomic E-state index is 4.64. The molecule has 0 amide bonds. The van der Waals surface area contributed by atoms with E-state index in [0.717, 1.165) is 0 Å². The number of alkyl halides is 1. The molecule has 2 nitrogen and oxygen atoms in total. The van der Waals surface area contributed by atoms with Gasteiger partial charge in [-0.15, -0.1) is 11.6 Å². The molecule has 0 aliphatic heterocycles. The van der Waals surface area contributed by atoms with Crippen molar-refractivity contribution in [2.24, 2.45) is 0 Å². The molecule has 70 valence electrons. The zero-order valence-corrected chi connectivity index (χ0v) is 8.28. The van der Waals surface area contributed by atoms with Crippen molar-refractivity contribution in [3.8, 4) is 0 Å². The summed E-state index contributed by atoms with van der Waals surface area (Å²) in [6.45, 7) is 0. The second kappa shape index (κ2) is 10.7. The fraction of sp³-hybridized carbons (Fsp3) is 0.100. The minimum Gasteiger partial charge on any atom is -0.368 e. The van der Waals surface area contributed by atoms with Crippen LogP contribution in [0.3, 0.4) is 0 Å². The molecule has 1 N–H and O–H groups in total. The van der Waals surface area contributed by atoms with Gasteiger partial charge in [-0.1, -0.05) is 6.07 Å². The van der Waals surface area contributed by atoms with Gasteiger partial charge in [-0.2, -0.15) is 0 Å². The van der Waals surface area contributed by atoms with Crippen molar-refractivity contribution in [2.45, 2.75) is 0 Å². The lowest BCUT2D eigenvalue weighted by Gasteiger charge is -1.70. The Kier molecular flexibility index (Phi) is 9.66. The zero-order valence-electron chi connectivity index (χ0n) is 7.52. The summed E-state index contributed by atoms with van der Waals surface area (Å²) in [6, 6.07) is 9.60. The predicted octanol–water partition coefficient (Wildman–Crippen LogP) is 2.95. The van der Waals surface area contributed by atoms with Crippen molar-refractivity contribution in [1.29, 1.82) is 0 Å². The van der Waals surface area contributed by atoms with Gasteiger partial charge in [0.1, 0.15) is 0 Å². The van der Waals surface area contributed by atoms with Gasteiger partial charge in [0.25, 0.3) is 0 Å². The Morgan fingerprint density at radius 3 is 1.54 bits per heavy atom. The molecule has 3 heteroatoms. The third-order valence-corrected chi connectivity index (χ3v) is 1.06. The SMILES string of the molecule is CCl.c1cc[nH]c1.c1ccncc1. The smallest absolute Gasteiger partial charge is 0.0267 e. The van der Waals surface area contributed by atoms with E-state index >= 15 is 0 Å². The maximum Gasteiger partial charge on any atom is 0.0267 e. The first-order chi connectivity index (χ1) is 6.50. The van der Waals surface area contributed by atoms with E-state index < -0.39 is 0 Å². The largest absolute Gasteiger partial charge is 0.368 e. The molecule has 0 unspecified atom stereocenters. The van der Waals surface area contributed by atoms with Crippen molar-refractivity contribution in [3.05, 3.63) is 55.1 Å². The first-order valence-electron chi connectivity index (χ1n) is 3.81. The Morgan fingerprint density at radius 2 is 1.38 bits per heavy atom. The summed E-state index contributed by atoms with van der Waals surface area (Å²) in [4.78, 5) is 6.65. The fourth-order valence-electron chi connectivity index (χ4n) is 0.590. The lowest BCUT2D eigenvalue weighted by atomic mass is 10.5. The van der Waals surface area contributed by atoms with E-state index in [1.165, 1.54) is 6.38 Å². The van der Waals surface area contributed by atoms with Crippen molar-refractivity contribution < 1.29 is 0 Å². The molecule has 0 aliphatic rings. The molecule has 0 spiro atoms. The summed E-state index contributed by atoms with van der Waals surface area (Å²) in [7, 11) is 0. The van der Waals surface area contributed by atoms with Crippen LogP contribution in [-0.4, -0.2) is 16.4 Å². The van der Waals surface area contributed by atoms with Crippen molar-refractivity contribution in [3.63, 3.8) is 0 Å². The second-order valence-corrected chi connectivity index (χ2v) is 1.91. The van der Waals surface area contributed by atoms with Crippen LogP contribution in [0.4, 0.5) is 0 Å². The highest BCUT2D eigenvalue weighted by molar-refractivity contribution is 6.15. The average Bonchev–Trinajstić information content (AvgIpc) is 2.82. The molecule has 0 saturated heterocycles. The Hall–Kier alpha value is -1.28. The number of nitrogens with zero attached hydrogens (tertiary/aromatic N) is 1. The van der Waals surface area contributed by atoms with E-state index in [2.05, 4.69) is 21.6 Å². The number of H-pyrrole nitrogens is 1. The van der Waals surface area contributed by atoms with E-state index in [1.54, 1.807) is 12.4 Å². The topological polar surface area (TPSA) is 28.7 Å². The molecule has 0 fully saturated rings. The van der Waals surface area contributed by atoms with Gasteiger partial charge in [0.05, 0.1) is 0 Å². The number of aromatic amines is 1. The monoisotopic (exact) mass is 196 g/mol. The van der Waals surface area contributed by atoms with Gasteiger partial charge in [0, 0.05) is 31.2 Å². The Morgan fingerprint density at radius 1 is 0.846 bits per heavy atom. The first kappa shape index (κ1) is 11.7. The maximum atomic E-state index is 4.64. The van der Waals surface area contributed by atoms with Crippen molar-refractivity contribution in [2.75, 3.05) is 6.38 Å². The number of hydrogen-bond donors (Lipinski definition) is 1. The summed E-state index contributed by atoms with van der Waals surface area (Å²) < 4.78 is 0. The molecular formula is C10H13ClN2. The molecule has 2 aromatic heterocycles. The molecule has 0 bridgehead atoms. The number of hydrogen-bond acceptors (Lipinski definition) is 1. The van der Waals surface area contributed by atoms with Gasteiger partial charge < -0.3 is 4.98 Å². The van der Waals surface area contributed by atoms with Gasteiger partial charge in [-0.3, -0.25) is 4.98 Å². The second-order valence-electron chi connectivity index (χ2n) is 1.91. The van der Waals surface area contributed by atoms with Crippen LogP contribution in [0.25, 0.3) is 0 Å². The lowest BCUT2D eigenvalue weighted by Crippen LogP contribution is -1.58. The van der Waals surface area contributed by atoms with E-state index in [1.807, 2.05) is 42.7 Å². The van der Waals surface area contributed by atoms with Crippen LogP contribution in [0.5, 0.6) is 0 Å². The van der Waals surface area contributed by atoms with Gasteiger partial charge in [-0.25, -0.2) is 0 Å². The molecule has 0 saturated carbocycles. The summed E-state index contributed by atoms with van der Waals surface area (Å²) in [5, 5.41) is 0. The van der Waals surface area contributed by atoms with E-state index in [-0.39, 0.29) is 0 Å². The normalized spacial score (nSPS) is 7.23. The molecule has 0 aliphatic carbocycles. The minimum atomic E-state index is 1.47. The van der Waals surface area contributed by atoms with Crippen LogP contribution in [0, 0.1) is 0 Å². The van der Waals surface area contributed by atoms with Crippen LogP contribution in [-0.2, 0) is 0 Å². The van der Waals surface area contributed by atoms with Gasteiger partial charge in [0.2, 0.25) is 0 Å². The minimum absolute atomic E-state index is 1.47. The van der Waals surface area contributed by atoms with E-state index in [0.29, 0.717) is 0 Å². The number of halogens is 1. The fourth-order valence-corrected chi connectivity index (χ4v) is 0.590. The third kappa shape index (κ3) is 8.63. The van der Waals surface area contributed by atoms with Gasteiger partial charge in [-0.05, 0) is 24.3 Å². The van der Waals surface area contributed by atoms with Crippen LogP contribution in [0.15, 0.2) is 55.1 Å². The summed E-state index contributed by atoms with van der Waals surface area (Å²) in [5.74, 6) is 0. The molecule has 2 rings (SSSR count). The first-order valence-corrected chi connectivity index (χ1v) is 4.56. The Labute approximate surface area is 83.6 Å². The quantitative estimate of drug-likeness (QED) is 0.645. The molecule has 0 aromatic carbocycles. The highest BCUT2D eigenvalue weighted by Gasteiger charge is 1.58. The molecule has 2 heterocycles. The van der Waals surface area contributed by atoms with Crippen molar-refractivity contribution >= 4 is 11.6 Å². The zero-order chi connectivity index (χ0) is 9.78. The predicted molar refractivity (Wildman–Crippen MR) is 56.8 cm³/mol. The summed E-state index contributed by atoms with van der Waals surface area (Å²) >= 11 is 4.64. The van der Waals surface area contributed by atoms with Crippen LogP contribution < -0.4 is 0 Å². The molecule has 13 heavy (non-hydrogen) atoms. The van der Waals surface area contributed by atoms with Gasteiger partial charge in [0.15, 0.2) is 0 Å². The average molecular weight is 197 g/mol. The number of rotatable bonds is 0. The summed E-state index contributed by atoms with van der Waals surface area (Å²) in [6.07, 6.45) is 8.72. The van der Waals surface area contributed by atoms with E-state index in [4.69, 9.17) is 0 Å². The molecule has 2 aromatic rings. The Balaban J connectivity index is 0.000000189.